The molecule has 1 aromatic carbocycles. The zero-order chi connectivity index (χ0) is 13.8. The molecular weight excluding hydrogens is 266 g/mol. The summed E-state index contributed by atoms with van der Waals surface area (Å²) >= 11 is 5.66. The molecule has 0 saturated carbocycles. The van der Waals surface area contributed by atoms with Crippen LogP contribution in [0.2, 0.25) is 5.02 Å². The van der Waals surface area contributed by atoms with Gasteiger partial charge in [0.2, 0.25) is 0 Å². The van der Waals surface area contributed by atoms with E-state index in [2.05, 4.69) is 10.3 Å². The number of aromatic nitrogens is 1. The highest BCUT2D eigenvalue weighted by molar-refractivity contribution is 6.32. The fourth-order valence-corrected chi connectivity index (χ4v) is 1.50. The minimum atomic E-state index is -0.439. The Morgan fingerprint density at radius 1 is 1.37 bits per heavy atom. The van der Waals surface area contributed by atoms with Crippen molar-refractivity contribution in [3.05, 3.63) is 52.8 Å². The maximum Gasteiger partial charge on any atom is 0.274 e. The van der Waals surface area contributed by atoms with E-state index >= 15 is 0 Å². The van der Waals surface area contributed by atoms with Crippen molar-refractivity contribution in [2.24, 2.45) is 0 Å². The van der Waals surface area contributed by atoms with Crippen LogP contribution in [0.15, 0.2) is 36.5 Å². The molecule has 0 aliphatic carbocycles. The number of nitriles is 1. The van der Waals surface area contributed by atoms with Gasteiger partial charge in [-0.15, -0.1) is 0 Å². The van der Waals surface area contributed by atoms with E-state index in [1.54, 1.807) is 6.07 Å². The molecule has 2 aromatic rings. The van der Waals surface area contributed by atoms with Crippen LogP contribution in [0.25, 0.3) is 0 Å². The highest BCUT2D eigenvalue weighted by Crippen LogP contribution is 2.26. The van der Waals surface area contributed by atoms with E-state index in [9.17, 15) is 9.90 Å². The van der Waals surface area contributed by atoms with Crippen molar-refractivity contribution in [1.29, 1.82) is 5.26 Å². The summed E-state index contributed by atoms with van der Waals surface area (Å²) in [7, 11) is 0. The molecule has 2 N–H and O–H groups in total. The number of anilines is 1. The van der Waals surface area contributed by atoms with Crippen LogP contribution in [0.3, 0.4) is 0 Å². The van der Waals surface area contributed by atoms with Crippen LogP contribution >= 0.6 is 11.6 Å². The number of nitrogens with zero attached hydrogens (tertiary/aromatic N) is 2. The number of pyridine rings is 1. The number of phenols is 1. The predicted octanol–water partition coefficient (Wildman–Crippen LogP) is 2.56. The third-order valence-corrected chi connectivity index (χ3v) is 2.65. The Bertz CT molecular complexity index is 663. The van der Waals surface area contributed by atoms with Crippen molar-refractivity contribution in [1.82, 2.24) is 4.98 Å². The lowest BCUT2D eigenvalue weighted by Gasteiger charge is -2.05. The summed E-state index contributed by atoms with van der Waals surface area (Å²) in [6.45, 7) is 0. The Morgan fingerprint density at radius 2 is 2.16 bits per heavy atom. The van der Waals surface area contributed by atoms with Gasteiger partial charge in [0.1, 0.15) is 17.5 Å². The maximum atomic E-state index is 11.8. The third kappa shape index (κ3) is 3.00. The van der Waals surface area contributed by atoms with Gasteiger partial charge in [0.25, 0.3) is 5.91 Å². The van der Waals surface area contributed by atoms with Gasteiger partial charge >= 0.3 is 0 Å². The maximum absolute atomic E-state index is 11.8. The Balaban J connectivity index is 2.16. The number of carbonyl (C=O) groups is 1. The molecule has 0 aliphatic rings. The van der Waals surface area contributed by atoms with Crippen LogP contribution < -0.4 is 5.32 Å². The predicted molar refractivity (Wildman–Crippen MR) is 70.0 cm³/mol. The van der Waals surface area contributed by atoms with Crippen LogP contribution in [-0.4, -0.2) is 16.0 Å². The number of carbonyl (C=O) groups excluding carboxylic acids is 1. The molecule has 0 saturated heterocycles. The number of hydrogen-bond donors (Lipinski definition) is 2. The number of aromatic hydroxyl groups is 1. The van der Waals surface area contributed by atoms with Crippen LogP contribution in [0, 0.1) is 11.3 Å². The van der Waals surface area contributed by atoms with Crippen molar-refractivity contribution in [3.8, 4) is 11.8 Å². The summed E-state index contributed by atoms with van der Waals surface area (Å²) in [6.07, 6.45) is 1.31. The first-order valence-corrected chi connectivity index (χ1v) is 5.64. The number of benzene rings is 1. The standard InChI is InChI=1S/C13H8ClN3O2/c14-10-3-2-9(5-12(10)18)17-13(19)11-4-1-8(6-15)7-16-11/h1-5,7,18H,(H,17,19). The van der Waals surface area contributed by atoms with E-state index in [4.69, 9.17) is 16.9 Å². The molecule has 6 heteroatoms. The first-order valence-electron chi connectivity index (χ1n) is 5.26. The number of amides is 1. The molecule has 0 atom stereocenters. The van der Waals surface area contributed by atoms with Gasteiger partial charge in [0.15, 0.2) is 0 Å². The summed E-state index contributed by atoms with van der Waals surface area (Å²) in [5.74, 6) is -0.557. The molecular formula is C13H8ClN3O2. The SMILES string of the molecule is N#Cc1ccc(C(=O)Nc2ccc(Cl)c(O)c2)nc1. The van der Waals surface area contributed by atoms with Crippen LogP contribution in [0.1, 0.15) is 16.1 Å². The number of hydrogen-bond acceptors (Lipinski definition) is 4. The largest absolute Gasteiger partial charge is 0.506 e. The summed E-state index contributed by atoms with van der Waals surface area (Å²) < 4.78 is 0. The van der Waals surface area contributed by atoms with E-state index in [1.165, 1.54) is 30.5 Å². The van der Waals surface area contributed by atoms with Gasteiger partial charge in [0, 0.05) is 18.0 Å². The highest BCUT2D eigenvalue weighted by atomic mass is 35.5. The molecule has 1 heterocycles. The summed E-state index contributed by atoms with van der Waals surface area (Å²) in [6, 6.07) is 9.23. The molecule has 0 fully saturated rings. The second-order valence-electron chi connectivity index (χ2n) is 3.66. The lowest BCUT2D eigenvalue weighted by Crippen LogP contribution is -2.13. The monoisotopic (exact) mass is 273 g/mol. The second kappa shape index (κ2) is 5.38. The van der Waals surface area contributed by atoms with E-state index in [-0.39, 0.29) is 16.5 Å². The normalized spacial score (nSPS) is 9.68. The minimum Gasteiger partial charge on any atom is -0.506 e. The zero-order valence-electron chi connectivity index (χ0n) is 9.59. The molecule has 0 bridgehead atoms. The Hall–Kier alpha value is -2.58. The first kappa shape index (κ1) is 12.9. The molecule has 94 valence electrons. The number of nitrogens with one attached hydrogen (secondary N) is 1. The van der Waals surface area contributed by atoms with Crippen molar-refractivity contribution < 1.29 is 9.90 Å². The first-order chi connectivity index (χ1) is 9.10. The lowest BCUT2D eigenvalue weighted by atomic mass is 10.2. The molecule has 0 aliphatic heterocycles. The van der Waals surface area contributed by atoms with Gasteiger partial charge < -0.3 is 10.4 Å². The smallest absolute Gasteiger partial charge is 0.274 e. The van der Waals surface area contributed by atoms with Gasteiger partial charge in [-0.05, 0) is 24.3 Å². The molecule has 0 spiro atoms. The van der Waals surface area contributed by atoms with Crippen molar-refractivity contribution in [2.45, 2.75) is 0 Å². The molecule has 2 rings (SSSR count). The summed E-state index contributed by atoms with van der Waals surface area (Å²) in [5, 5.41) is 20.8. The Kier molecular flexibility index (Phi) is 3.64. The Morgan fingerprint density at radius 3 is 2.74 bits per heavy atom. The minimum absolute atomic E-state index is 0.118. The fraction of sp³-hybridized carbons (Fsp3) is 0. The molecule has 0 radical (unpaired) electrons. The van der Waals surface area contributed by atoms with Crippen LogP contribution in [0.5, 0.6) is 5.75 Å². The third-order valence-electron chi connectivity index (χ3n) is 2.33. The molecule has 1 aromatic heterocycles. The fourth-order valence-electron chi connectivity index (χ4n) is 1.38. The average Bonchev–Trinajstić information content (AvgIpc) is 2.43. The number of rotatable bonds is 2. The van der Waals surface area contributed by atoms with E-state index < -0.39 is 5.91 Å². The van der Waals surface area contributed by atoms with Crippen LogP contribution in [0.4, 0.5) is 5.69 Å². The average molecular weight is 274 g/mol. The van der Waals surface area contributed by atoms with E-state index in [0.717, 1.165) is 0 Å². The van der Waals surface area contributed by atoms with Gasteiger partial charge in [-0.25, -0.2) is 4.98 Å². The summed E-state index contributed by atoms with van der Waals surface area (Å²) in [5.41, 5.74) is 0.951. The topological polar surface area (TPSA) is 86.0 Å². The second-order valence-corrected chi connectivity index (χ2v) is 4.07. The molecule has 1 amide bonds. The van der Waals surface area contributed by atoms with Gasteiger partial charge in [-0.3, -0.25) is 4.79 Å². The highest BCUT2D eigenvalue weighted by Gasteiger charge is 2.08. The van der Waals surface area contributed by atoms with Crippen molar-refractivity contribution in [3.63, 3.8) is 0 Å². The van der Waals surface area contributed by atoms with E-state index in [0.29, 0.717) is 11.3 Å². The van der Waals surface area contributed by atoms with Gasteiger partial charge in [0.05, 0.1) is 10.6 Å². The quantitative estimate of drug-likeness (QED) is 0.880. The number of phenolic OH excluding ortho intramolecular Hbond substituents is 1. The molecule has 0 unspecified atom stereocenters. The number of halogens is 1. The zero-order valence-corrected chi connectivity index (χ0v) is 10.3. The lowest BCUT2D eigenvalue weighted by molar-refractivity contribution is 0.102. The van der Waals surface area contributed by atoms with Crippen molar-refractivity contribution in [2.75, 3.05) is 5.32 Å². The summed E-state index contributed by atoms with van der Waals surface area (Å²) in [4.78, 5) is 15.7. The van der Waals surface area contributed by atoms with Crippen molar-refractivity contribution >= 4 is 23.2 Å². The molecule has 5 nitrogen and oxygen atoms in total. The Labute approximate surface area is 114 Å². The van der Waals surface area contributed by atoms with Gasteiger partial charge in [-0.2, -0.15) is 5.26 Å². The van der Waals surface area contributed by atoms with Crippen LogP contribution in [-0.2, 0) is 0 Å². The van der Waals surface area contributed by atoms with E-state index in [1.807, 2.05) is 6.07 Å². The molecule has 19 heavy (non-hydrogen) atoms. The van der Waals surface area contributed by atoms with Gasteiger partial charge in [-0.1, -0.05) is 11.6 Å².